The Balaban J connectivity index is 1.57. The molecule has 32 heavy (non-hydrogen) atoms. The van der Waals surface area contributed by atoms with E-state index in [0.717, 1.165) is 22.0 Å². The number of rotatable bonds is 6. The van der Waals surface area contributed by atoms with Crippen molar-refractivity contribution in [3.05, 3.63) is 82.8 Å². The lowest BCUT2D eigenvalue weighted by Crippen LogP contribution is -2.35. The van der Waals surface area contributed by atoms with Crippen LogP contribution in [0.1, 0.15) is 38.8 Å². The van der Waals surface area contributed by atoms with E-state index in [-0.39, 0.29) is 18.0 Å². The summed E-state index contributed by atoms with van der Waals surface area (Å²) in [6, 6.07) is 22.7. The molecule has 0 unspecified atom stereocenters. The van der Waals surface area contributed by atoms with Gasteiger partial charge >= 0.3 is 0 Å². The maximum absolute atomic E-state index is 13.1. The zero-order chi connectivity index (χ0) is 22.7. The predicted molar refractivity (Wildman–Crippen MR) is 135 cm³/mol. The molecule has 0 aromatic heterocycles. The Morgan fingerprint density at radius 3 is 2.44 bits per heavy atom. The Morgan fingerprint density at radius 2 is 1.69 bits per heavy atom. The summed E-state index contributed by atoms with van der Waals surface area (Å²) in [6.07, 6.45) is 1.92. The third-order valence-corrected chi connectivity index (χ3v) is 6.13. The first-order valence-electron chi connectivity index (χ1n) is 10.9. The van der Waals surface area contributed by atoms with Gasteiger partial charge in [-0.15, -0.1) is 0 Å². The molecule has 3 aromatic carbocycles. The number of hydrogen-bond acceptors (Lipinski definition) is 4. The smallest absolute Gasteiger partial charge is 0.266 e. The lowest BCUT2D eigenvalue weighted by Gasteiger charge is -2.20. The van der Waals surface area contributed by atoms with Gasteiger partial charge in [-0.2, -0.15) is 0 Å². The van der Waals surface area contributed by atoms with E-state index >= 15 is 0 Å². The van der Waals surface area contributed by atoms with Gasteiger partial charge in [0.25, 0.3) is 5.91 Å². The van der Waals surface area contributed by atoms with E-state index in [0.29, 0.717) is 11.5 Å². The van der Waals surface area contributed by atoms with Gasteiger partial charge in [-0.3, -0.25) is 14.7 Å². The number of amides is 1. The lowest BCUT2D eigenvalue weighted by atomic mass is 10.1. The summed E-state index contributed by atoms with van der Waals surface area (Å²) >= 11 is 1.43. The van der Waals surface area contributed by atoms with Crippen LogP contribution in [0.4, 0.5) is 0 Å². The summed E-state index contributed by atoms with van der Waals surface area (Å²) in [4.78, 5) is 20.2. The summed E-state index contributed by atoms with van der Waals surface area (Å²) in [5, 5.41) is 3.18. The van der Waals surface area contributed by atoms with Gasteiger partial charge in [0, 0.05) is 17.6 Å². The molecule has 0 saturated carbocycles. The molecule has 1 fully saturated rings. The minimum atomic E-state index is -0.00580. The number of nitrogens with zero attached hydrogens (tertiary/aromatic N) is 2. The molecule has 1 amide bonds. The first-order valence-corrected chi connectivity index (χ1v) is 11.7. The normalized spacial score (nSPS) is 16.8. The molecule has 0 spiro atoms. The molecule has 5 heteroatoms. The summed E-state index contributed by atoms with van der Waals surface area (Å²) < 4.78 is 6.17. The van der Waals surface area contributed by atoms with Crippen molar-refractivity contribution in [1.82, 2.24) is 4.90 Å². The fraction of sp³-hybridized carbons (Fsp3) is 0.259. The highest BCUT2D eigenvalue weighted by Gasteiger charge is 2.35. The van der Waals surface area contributed by atoms with Crippen molar-refractivity contribution in [3.8, 4) is 5.75 Å². The molecule has 0 radical (unpaired) electrons. The van der Waals surface area contributed by atoms with Crippen LogP contribution < -0.4 is 4.74 Å². The predicted octanol–water partition coefficient (Wildman–Crippen LogP) is 6.51. The highest BCUT2D eigenvalue weighted by molar-refractivity contribution is 8.18. The van der Waals surface area contributed by atoms with Gasteiger partial charge in [0.1, 0.15) is 12.4 Å². The SMILES string of the molecule is CC(C)N=C1S/C(=C/c2ccccc2OCc2ccc3ccccc3c2)C(=O)N1C(C)C. The summed E-state index contributed by atoms with van der Waals surface area (Å²) in [6.45, 7) is 8.53. The molecule has 1 aliphatic heterocycles. The molecular formula is C27H28N2O2S. The van der Waals surface area contributed by atoms with Crippen molar-refractivity contribution >= 4 is 39.7 Å². The Morgan fingerprint density at radius 1 is 0.969 bits per heavy atom. The molecular weight excluding hydrogens is 416 g/mol. The first-order chi connectivity index (χ1) is 15.4. The van der Waals surface area contributed by atoms with Crippen LogP contribution in [0.5, 0.6) is 5.75 Å². The summed E-state index contributed by atoms with van der Waals surface area (Å²) in [5.41, 5.74) is 1.99. The van der Waals surface area contributed by atoms with E-state index in [1.54, 1.807) is 4.90 Å². The van der Waals surface area contributed by atoms with E-state index in [9.17, 15) is 4.79 Å². The third kappa shape index (κ3) is 4.89. The number of ether oxygens (including phenoxy) is 1. The zero-order valence-corrected chi connectivity index (χ0v) is 19.7. The van der Waals surface area contributed by atoms with Gasteiger partial charge < -0.3 is 4.74 Å². The lowest BCUT2D eigenvalue weighted by molar-refractivity contribution is -0.123. The van der Waals surface area contributed by atoms with Crippen LogP contribution in [0.15, 0.2) is 76.6 Å². The summed E-state index contributed by atoms with van der Waals surface area (Å²) in [7, 11) is 0. The third-order valence-electron chi connectivity index (χ3n) is 5.14. The van der Waals surface area contributed by atoms with Gasteiger partial charge in [0.05, 0.1) is 4.91 Å². The van der Waals surface area contributed by atoms with E-state index in [1.807, 2.05) is 70.2 Å². The molecule has 1 aliphatic rings. The molecule has 1 heterocycles. The number of para-hydroxylation sites is 1. The van der Waals surface area contributed by atoms with Crippen LogP contribution >= 0.6 is 11.8 Å². The average molecular weight is 445 g/mol. The van der Waals surface area contributed by atoms with Crippen molar-refractivity contribution in [2.24, 2.45) is 4.99 Å². The monoisotopic (exact) mass is 444 g/mol. The number of carbonyl (C=O) groups is 1. The van der Waals surface area contributed by atoms with Crippen molar-refractivity contribution < 1.29 is 9.53 Å². The topological polar surface area (TPSA) is 41.9 Å². The van der Waals surface area contributed by atoms with Crippen LogP contribution in [-0.2, 0) is 11.4 Å². The van der Waals surface area contributed by atoms with E-state index in [2.05, 4.69) is 35.3 Å². The number of aliphatic imine (C=N–C) groups is 1. The van der Waals surface area contributed by atoms with Gasteiger partial charge in [-0.05, 0) is 74.0 Å². The van der Waals surface area contributed by atoms with E-state index in [4.69, 9.17) is 4.74 Å². The second kappa shape index (κ2) is 9.61. The molecule has 0 aliphatic carbocycles. The number of fused-ring (bicyclic) bond motifs is 1. The molecule has 4 rings (SSSR count). The average Bonchev–Trinajstić information content (AvgIpc) is 3.07. The number of hydrogen-bond donors (Lipinski definition) is 0. The number of benzene rings is 3. The van der Waals surface area contributed by atoms with Gasteiger partial charge in [0.15, 0.2) is 5.17 Å². The van der Waals surface area contributed by atoms with Crippen LogP contribution in [-0.4, -0.2) is 28.1 Å². The second-order valence-electron chi connectivity index (χ2n) is 8.39. The Labute approximate surface area is 194 Å². The Hall–Kier alpha value is -3.05. The Bertz CT molecular complexity index is 1200. The van der Waals surface area contributed by atoms with Crippen molar-refractivity contribution in [2.45, 2.75) is 46.4 Å². The first kappa shape index (κ1) is 22.2. The molecule has 0 N–H and O–H groups in total. The molecule has 0 atom stereocenters. The quantitative estimate of drug-likeness (QED) is 0.407. The molecule has 4 nitrogen and oxygen atoms in total. The minimum absolute atomic E-state index is 0.00580. The standard InChI is InChI=1S/C27H28N2O2S/c1-18(2)28-27-29(19(3)4)26(30)25(32-27)16-23-11-7-8-12-24(23)31-17-20-13-14-21-9-5-6-10-22(21)15-20/h5-16,18-19H,17H2,1-4H3/b25-16+,28-27?. The van der Waals surface area contributed by atoms with Gasteiger partial charge in [0.2, 0.25) is 0 Å². The number of carbonyl (C=O) groups excluding carboxylic acids is 1. The largest absolute Gasteiger partial charge is 0.488 e. The number of thioether (sulfide) groups is 1. The highest BCUT2D eigenvalue weighted by atomic mass is 32.2. The van der Waals surface area contributed by atoms with E-state index in [1.165, 1.54) is 22.5 Å². The van der Waals surface area contributed by atoms with Crippen LogP contribution in [0.3, 0.4) is 0 Å². The highest BCUT2D eigenvalue weighted by Crippen LogP contribution is 2.35. The minimum Gasteiger partial charge on any atom is -0.488 e. The summed E-state index contributed by atoms with van der Waals surface area (Å²) in [5.74, 6) is 0.751. The fourth-order valence-electron chi connectivity index (χ4n) is 3.61. The number of amidine groups is 1. The van der Waals surface area contributed by atoms with Gasteiger partial charge in [-0.25, -0.2) is 0 Å². The molecule has 3 aromatic rings. The van der Waals surface area contributed by atoms with Gasteiger partial charge in [-0.1, -0.05) is 54.6 Å². The molecule has 164 valence electrons. The Kier molecular flexibility index (Phi) is 6.66. The van der Waals surface area contributed by atoms with Crippen molar-refractivity contribution in [3.63, 3.8) is 0 Å². The van der Waals surface area contributed by atoms with Crippen molar-refractivity contribution in [1.29, 1.82) is 0 Å². The zero-order valence-electron chi connectivity index (χ0n) is 18.9. The maximum Gasteiger partial charge on any atom is 0.266 e. The molecule has 0 bridgehead atoms. The van der Waals surface area contributed by atoms with E-state index < -0.39 is 0 Å². The van der Waals surface area contributed by atoms with Crippen LogP contribution in [0.25, 0.3) is 16.8 Å². The molecule has 1 saturated heterocycles. The fourth-order valence-corrected chi connectivity index (χ4v) is 4.84. The van der Waals surface area contributed by atoms with Crippen LogP contribution in [0, 0.1) is 0 Å². The van der Waals surface area contributed by atoms with Crippen LogP contribution in [0.2, 0.25) is 0 Å². The van der Waals surface area contributed by atoms with Crippen molar-refractivity contribution in [2.75, 3.05) is 0 Å². The second-order valence-corrected chi connectivity index (χ2v) is 9.40. The maximum atomic E-state index is 13.1.